The number of nitro benzene ring substituents is 1. The van der Waals surface area contributed by atoms with Crippen LogP contribution in [-0.2, 0) is 0 Å². The van der Waals surface area contributed by atoms with Crippen LogP contribution in [0.3, 0.4) is 0 Å². The third-order valence-electron chi connectivity index (χ3n) is 2.99. The molecule has 108 valence electrons. The van der Waals surface area contributed by atoms with Crippen LogP contribution in [0.15, 0.2) is 65.0 Å². The highest BCUT2D eigenvalue weighted by molar-refractivity contribution is 7.13. The molecule has 6 heteroatoms. The standard InChI is InChI=1S/C16H11N3O2S/c20-19(21)14-8-6-13(7-9-14)15-11-22-16(18-15)17-10-12-4-2-1-3-5-12/h1-11H. The van der Waals surface area contributed by atoms with E-state index in [1.165, 1.54) is 23.5 Å². The second kappa shape index (κ2) is 6.28. The van der Waals surface area contributed by atoms with Gasteiger partial charge in [0, 0.05) is 29.3 Å². The van der Waals surface area contributed by atoms with Crippen molar-refractivity contribution < 1.29 is 4.92 Å². The third-order valence-corrected chi connectivity index (χ3v) is 3.74. The summed E-state index contributed by atoms with van der Waals surface area (Å²) in [6.45, 7) is 0. The molecule has 0 spiro atoms. The first-order valence-electron chi connectivity index (χ1n) is 6.52. The van der Waals surface area contributed by atoms with E-state index in [-0.39, 0.29) is 5.69 Å². The molecule has 0 N–H and O–H groups in total. The number of aromatic nitrogens is 1. The predicted octanol–water partition coefficient (Wildman–Crippen LogP) is 4.47. The normalized spacial score (nSPS) is 10.9. The zero-order chi connectivity index (χ0) is 15.4. The van der Waals surface area contributed by atoms with Crippen LogP contribution < -0.4 is 0 Å². The molecular weight excluding hydrogens is 298 g/mol. The first-order valence-corrected chi connectivity index (χ1v) is 7.40. The maximum absolute atomic E-state index is 10.6. The van der Waals surface area contributed by atoms with E-state index in [0.717, 1.165) is 16.8 Å². The number of rotatable bonds is 4. The number of nitrogens with zero attached hydrogens (tertiary/aromatic N) is 3. The summed E-state index contributed by atoms with van der Waals surface area (Å²) in [5, 5.41) is 13.2. The van der Waals surface area contributed by atoms with Gasteiger partial charge in [0.1, 0.15) is 0 Å². The Morgan fingerprint density at radius 3 is 2.50 bits per heavy atom. The van der Waals surface area contributed by atoms with Gasteiger partial charge < -0.3 is 0 Å². The smallest absolute Gasteiger partial charge is 0.258 e. The van der Waals surface area contributed by atoms with Crippen molar-refractivity contribution in [3.63, 3.8) is 0 Å². The monoisotopic (exact) mass is 309 g/mol. The van der Waals surface area contributed by atoms with Crippen molar-refractivity contribution in [1.29, 1.82) is 0 Å². The maximum atomic E-state index is 10.6. The summed E-state index contributed by atoms with van der Waals surface area (Å²) in [5.74, 6) is 0. The van der Waals surface area contributed by atoms with Crippen LogP contribution in [0, 0.1) is 10.1 Å². The molecule has 0 aliphatic rings. The van der Waals surface area contributed by atoms with Gasteiger partial charge in [-0.3, -0.25) is 10.1 Å². The Bertz CT molecular complexity index is 811. The van der Waals surface area contributed by atoms with Gasteiger partial charge in [-0.1, -0.05) is 30.3 Å². The van der Waals surface area contributed by atoms with Crippen molar-refractivity contribution in [1.82, 2.24) is 4.98 Å². The highest BCUT2D eigenvalue weighted by atomic mass is 32.1. The molecule has 22 heavy (non-hydrogen) atoms. The first kappa shape index (κ1) is 14.1. The van der Waals surface area contributed by atoms with E-state index in [9.17, 15) is 10.1 Å². The van der Waals surface area contributed by atoms with Crippen LogP contribution in [0.25, 0.3) is 11.3 Å². The summed E-state index contributed by atoms with van der Waals surface area (Å²) >= 11 is 1.43. The van der Waals surface area contributed by atoms with Crippen LogP contribution in [0.4, 0.5) is 10.8 Å². The van der Waals surface area contributed by atoms with Gasteiger partial charge in [-0.25, -0.2) is 9.98 Å². The minimum Gasteiger partial charge on any atom is -0.258 e. The largest absolute Gasteiger partial charge is 0.269 e. The SMILES string of the molecule is O=[N+]([O-])c1ccc(-c2csc(N=Cc3ccccc3)n2)cc1. The molecule has 0 amide bonds. The van der Waals surface area contributed by atoms with Crippen LogP contribution >= 0.6 is 11.3 Å². The van der Waals surface area contributed by atoms with Crippen molar-refractivity contribution in [3.05, 3.63) is 75.7 Å². The second-order valence-electron chi connectivity index (χ2n) is 4.49. The molecule has 0 atom stereocenters. The van der Waals surface area contributed by atoms with Crippen LogP contribution in [0.2, 0.25) is 0 Å². The number of non-ortho nitro benzene ring substituents is 1. The highest BCUT2D eigenvalue weighted by Gasteiger charge is 2.07. The Morgan fingerprint density at radius 2 is 1.82 bits per heavy atom. The molecular formula is C16H11N3O2S. The van der Waals surface area contributed by atoms with Gasteiger partial charge in [0.2, 0.25) is 5.13 Å². The van der Waals surface area contributed by atoms with E-state index >= 15 is 0 Å². The topological polar surface area (TPSA) is 68.4 Å². The van der Waals surface area contributed by atoms with Gasteiger partial charge >= 0.3 is 0 Å². The molecule has 2 aromatic carbocycles. The average Bonchev–Trinajstić information content (AvgIpc) is 3.03. The molecule has 0 unspecified atom stereocenters. The second-order valence-corrected chi connectivity index (χ2v) is 5.32. The first-order chi connectivity index (χ1) is 10.7. The summed E-state index contributed by atoms with van der Waals surface area (Å²) in [5.41, 5.74) is 2.68. The molecule has 0 bridgehead atoms. The Balaban J connectivity index is 1.79. The van der Waals surface area contributed by atoms with Gasteiger partial charge in [-0.15, -0.1) is 11.3 Å². The molecule has 5 nitrogen and oxygen atoms in total. The number of hydrogen-bond donors (Lipinski definition) is 0. The van der Waals surface area contributed by atoms with Crippen molar-refractivity contribution in [3.8, 4) is 11.3 Å². The summed E-state index contributed by atoms with van der Waals surface area (Å²) in [6.07, 6.45) is 1.76. The van der Waals surface area contributed by atoms with Gasteiger partial charge in [0.15, 0.2) is 0 Å². The molecule has 0 saturated heterocycles. The molecule has 3 aromatic rings. The number of hydrogen-bond acceptors (Lipinski definition) is 5. The average molecular weight is 309 g/mol. The molecule has 0 fully saturated rings. The Morgan fingerprint density at radius 1 is 1.09 bits per heavy atom. The molecule has 0 aliphatic carbocycles. The fourth-order valence-corrected chi connectivity index (χ4v) is 2.55. The zero-order valence-electron chi connectivity index (χ0n) is 11.4. The van der Waals surface area contributed by atoms with E-state index in [0.29, 0.717) is 5.13 Å². The van der Waals surface area contributed by atoms with Crippen molar-refractivity contribution >= 4 is 28.4 Å². The molecule has 0 saturated carbocycles. The van der Waals surface area contributed by atoms with E-state index in [1.807, 2.05) is 35.7 Å². The number of aliphatic imine (C=N–C) groups is 1. The zero-order valence-corrected chi connectivity index (χ0v) is 12.2. The van der Waals surface area contributed by atoms with Crippen LogP contribution in [0.1, 0.15) is 5.56 Å². The van der Waals surface area contributed by atoms with Gasteiger partial charge in [0.25, 0.3) is 5.69 Å². The highest BCUT2D eigenvalue weighted by Crippen LogP contribution is 2.27. The molecule has 1 heterocycles. The van der Waals surface area contributed by atoms with E-state index in [2.05, 4.69) is 9.98 Å². The molecule has 1 aromatic heterocycles. The van der Waals surface area contributed by atoms with Gasteiger partial charge in [-0.2, -0.15) is 0 Å². The van der Waals surface area contributed by atoms with E-state index < -0.39 is 4.92 Å². The molecule has 0 radical (unpaired) electrons. The minimum absolute atomic E-state index is 0.0706. The predicted molar refractivity (Wildman–Crippen MR) is 87.9 cm³/mol. The van der Waals surface area contributed by atoms with Crippen LogP contribution in [-0.4, -0.2) is 16.1 Å². The number of benzene rings is 2. The lowest BCUT2D eigenvalue weighted by atomic mass is 10.1. The van der Waals surface area contributed by atoms with Crippen molar-refractivity contribution in [2.75, 3.05) is 0 Å². The van der Waals surface area contributed by atoms with Gasteiger partial charge in [-0.05, 0) is 17.7 Å². The minimum atomic E-state index is -0.416. The summed E-state index contributed by atoms with van der Waals surface area (Å²) < 4.78 is 0. The number of nitro groups is 1. The van der Waals surface area contributed by atoms with Crippen molar-refractivity contribution in [2.45, 2.75) is 0 Å². The number of thiazole rings is 1. The van der Waals surface area contributed by atoms with E-state index in [4.69, 9.17) is 0 Å². The fraction of sp³-hybridized carbons (Fsp3) is 0. The third kappa shape index (κ3) is 3.24. The van der Waals surface area contributed by atoms with Crippen LogP contribution in [0.5, 0.6) is 0 Å². The fourth-order valence-electron chi connectivity index (χ4n) is 1.88. The lowest BCUT2D eigenvalue weighted by Gasteiger charge is -1.95. The summed E-state index contributed by atoms with van der Waals surface area (Å²) in [4.78, 5) is 19.0. The molecule has 0 aliphatic heterocycles. The quantitative estimate of drug-likeness (QED) is 0.405. The maximum Gasteiger partial charge on any atom is 0.269 e. The summed E-state index contributed by atoms with van der Waals surface area (Å²) in [7, 11) is 0. The summed E-state index contributed by atoms with van der Waals surface area (Å²) in [6, 6.07) is 16.1. The Kier molecular flexibility index (Phi) is 4.02. The van der Waals surface area contributed by atoms with E-state index in [1.54, 1.807) is 18.3 Å². The van der Waals surface area contributed by atoms with Crippen molar-refractivity contribution in [2.24, 2.45) is 4.99 Å². The van der Waals surface area contributed by atoms with Gasteiger partial charge in [0.05, 0.1) is 10.6 Å². The lowest BCUT2D eigenvalue weighted by molar-refractivity contribution is -0.384. The molecule has 3 rings (SSSR count). The Hall–Kier alpha value is -2.86. The Labute approximate surface area is 130 Å². The lowest BCUT2D eigenvalue weighted by Crippen LogP contribution is -1.87.